The fourth-order valence-electron chi connectivity index (χ4n) is 3.53. The fourth-order valence-corrected chi connectivity index (χ4v) is 3.84. The summed E-state index contributed by atoms with van der Waals surface area (Å²) in [5.74, 6) is -3.35. The number of aryl methyl sites for hydroxylation is 1. The van der Waals surface area contributed by atoms with Gasteiger partial charge in [0.2, 0.25) is 0 Å². The Morgan fingerprint density at radius 2 is 1.63 bits per heavy atom. The quantitative estimate of drug-likeness (QED) is 0.229. The lowest BCUT2D eigenvalue weighted by molar-refractivity contribution is -0.147. The van der Waals surface area contributed by atoms with Crippen molar-refractivity contribution in [3.05, 3.63) is 88.9 Å². The van der Waals surface area contributed by atoms with Crippen LogP contribution in [0.15, 0.2) is 72.8 Å². The molecule has 35 heavy (non-hydrogen) atoms. The standard InChI is InChI=1S/C26H26ClN3O5/c1-16-7-5-6-10-22(16)29-30-25(33)24(32)28-19(15-23(31)26(34)35)13-17-11-12-20(21(27)14-17)18-8-3-2-4-9-18/h2-12,14,19,23,29,31H,13,15H2,1H3,(H,28,32)(H,30,33)(H,34,35)/t19-,23-/m1/s1. The molecule has 182 valence electrons. The van der Waals surface area contributed by atoms with Crippen LogP contribution in [0, 0.1) is 6.92 Å². The molecule has 0 radical (unpaired) electrons. The van der Waals surface area contributed by atoms with Gasteiger partial charge in [0.15, 0.2) is 6.10 Å². The van der Waals surface area contributed by atoms with Gasteiger partial charge in [-0.05, 0) is 42.2 Å². The van der Waals surface area contributed by atoms with E-state index in [-0.39, 0.29) is 12.8 Å². The Morgan fingerprint density at radius 1 is 0.943 bits per heavy atom. The van der Waals surface area contributed by atoms with Crippen molar-refractivity contribution in [3.8, 4) is 11.1 Å². The number of rotatable bonds is 9. The minimum absolute atomic E-state index is 0.156. The third kappa shape index (κ3) is 7.30. The van der Waals surface area contributed by atoms with E-state index in [0.29, 0.717) is 16.3 Å². The fraction of sp³-hybridized carbons (Fsp3) is 0.192. The lowest BCUT2D eigenvalue weighted by Gasteiger charge is -2.21. The largest absolute Gasteiger partial charge is 0.479 e. The second-order valence-electron chi connectivity index (χ2n) is 8.04. The molecule has 0 aliphatic rings. The highest BCUT2D eigenvalue weighted by atomic mass is 35.5. The molecular weight excluding hydrogens is 470 g/mol. The Morgan fingerprint density at radius 3 is 2.29 bits per heavy atom. The van der Waals surface area contributed by atoms with E-state index in [9.17, 15) is 19.5 Å². The molecule has 3 aromatic carbocycles. The summed E-state index contributed by atoms with van der Waals surface area (Å²) in [4.78, 5) is 36.0. The van der Waals surface area contributed by atoms with Gasteiger partial charge in [0.25, 0.3) is 0 Å². The zero-order chi connectivity index (χ0) is 25.4. The number of aliphatic carboxylic acids is 1. The van der Waals surface area contributed by atoms with Crippen molar-refractivity contribution in [1.29, 1.82) is 0 Å². The highest BCUT2D eigenvalue weighted by Gasteiger charge is 2.25. The summed E-state index contributed by atoms with van der Waals surface area (Å²) in [7, 11) is 0. The number of carboxylic acids is 1. The zero-order valence-electron chi connectivity index (χ0n) is 19.0. The van der Waals surface area contributed by atoms with Crippen LogP contribution in [0.4, 0.5) is 5.69 Å². The number of carbonyl (C=O) groups excluding carboxylic acids is 2. The summed E-state index contributed by atoms with van der Waals surface area (Å²) in [6.45, 7) is 1.84. The van der Waals surface area contributed by atoms with Crippen molar-refractivity contribution in [3.63, 3.8) is 0 Å². The molecule has 3 rings (SSSR count). The average molecular weight is 496 g/mol. The third-order valence-electron chi connectivity index (χ3n) is 5.39. The number of amides is 2. The number of aliphatic hydroxyl groups is 1. The molecule has 0 spiro atoms. The molecule has 0 aliphatic carbocycles. The molecule has 8 nitrogen and oxygen atoms in total. The maximum Gasteiger partial charge on any atom is 0.332 e. The Balaban J connectivity index is 1.69. The first kappa shape index (κ1) is 25.7. The molecule has 0 aromatic heterocycles. The Bertz CT molecular complexity index is 1200. The smallest absolute Gasteiger partial charge is 0.332 e. The minimum Gasteiger partial charge on any atom is -0.479 e. The van der Waals surface area contributed by atoms with Crippen molar-refractivity contribution < 1.29 is 24.6 Å². The van der Waals surface area contributed by atoms with Crippen LogP contribution in [0.2, 0.25) is 5.02 Å². The Kier molecular flexibility index (Phi) is 8.83. The molecule has 0 fully saturated rings. The predicted octanol–water partition coefficient (Wildman–Crippen LogP) is 3.32. The number of anilines is 1. The number of nitrogens with one attached hydrogen (secondary N) is 3. The maximum absolute atomic E-state index is 12.5. The summed E-state index contributed by atoms with van der Waals surface area (Å²) < 4.78 is 0. The van der Waals surface area contributed by atoms with E-state index in [1.54, 1.807) is 24.3 Å². The van der Waals surface area contributed by atoms with E-state index in [1.807, 2.05) is 55.5 Å². The van der Waals surface area contributed by atoms with Crippen LogP contribution in [0.25, 0.3) is 11.1 Å². The van der Waals surface area contributed by atoms with Gasteiger partial charge in [0.05, 0.1) is 5.69 Å². The number of halogens is 1. The molecule has 0 bridgehead atoms. The zero-order valence-corrected chi connectivity index (χ0v) is 19.8. The second kappa shape index (κ2) is 12.0. The summed E-state index contributed by atoms with van der Waals surface area (Å²) in [6.07, 6.45) is -1.85. The van der Waals surface area contributed by atoms with Crippen LogP contribution < -0.4 is 16.2 Å². The number of aliphatic hydroxyl groups excluding tert-OH is 1. The Labute approximate surface area is 207 Å². The van der Waals surface area contributed by atoms with Crippen molar-refractivity contribution >= 4 is 35.1 Å². The molecule has 2 atom stereocenters. The number of benzene rings is 3. The average Bonchev–Trinajstić information content (AvgIpc) is 2.83. The maximum atomic E-state index is 12.5. The number of hydrogen-bond donors (Lipinski definition) is 5. The van der Waals surface area contributed by atoms with Gasteiger partial charge in [-0.2, -0.15) is 0 Å². The van der Waals surface area contributed by atoms with E-state index >= 15 is 0 Å². The van der Waals surface area contributed by atoms with Gasteiger partial charge in [-0.15, -0.1) is 0 Å². The lowest BCUT2D eigenvalue weighted by Crippen LogP contribution is -2.48. The van der Waals surface area contributed by atoms with Crippen molar-refractivity contribution in [2.45, 2.75) is 31.9 Å². The lowest BCUT2D eigenvalue weighted by atomic mass is 9.97. The molecule has 3 aromatic rings. The topological polar surface area (TPSA) is 128 Å². The molecule has 0 heterocycles. The van der Waals surface area contributed by atoms with Gasteiger partial charge in [-0.3, -0.25) is 20.4 Å². The number of hydrogen-bond acceptors (Lipinski definition) is 5. The summed E-state index contributed by atoms with van der Waals surface area (Å²) in [5.41, 5.74) is 8.96. The summed E-state index contributed by atoms with van der Waals surface area (Å²) >= 11 is 6.47. The van der Waals surface area contributed by atoms with E-state index in [1.165, 1.54) is 0 Å². The SMILES string of the molecule is Cc1ccccc1NNC(=O)C(=O)N[C@H](Cc1ccc(-c2ccccc2)c(Cl)c1)C[C@@H](O)C(=O)O. The highest BCUT2D eigenvalue weighted by molar-refractivity contribution is 6.35. The van der Waals surface area contributed by atoms with Crippen LogP contribution in [-0.4, -0.2) is 40.1 Å². The molecule has 0 saturated carbocycles. The second-order valence-corrected chi connectivity index (χ2v) is 8.45. The van der Waals surface area contributed by atoms with Gasteiger partial charge in [-0.25, -0.2) is 4.79 Å². The first-order valence-electron chi connectivity index (χ1n) is 10.9. The van der Waals surface area contributed by atoms with Gasteiger partial charge in [0.1, 0.15) is 0 Å². The van der Waals surface area contributed by atoms with Crippen LogP contribution in [0.1, 0.15) is 17.5 Å². The first-order chi connectivity index (χ1) is 16.7. The third-order valence-corrected chi connectivity index (χ3v) is 5.70. The number of para-hydroxylation sites is 1. The highest BCUT2D eigenvalue weighted by Crippen LogP contribution is 2.29. The molecule has 0 unspecified atom stereocenters. The Hall–Kier alpha value is -3.88. The van der Waals surface area contributed by atoms with Crippen LogP contribution in [-0.2, 0) is 20.8 Å². The van der Waals surface area contributed by atoms with Crippen LogP contribution in [0.3, 0.4) is 0 Å². The minimum atomic E-state index is -1.72. The van der Waals surface area contributed by atoms with Crippen molar-refractivity contribution in [2.24, 2.45) is 0 Å². The number of carbonyl (C=O) groups is 3. The normalized spacial score (nSPS) is 12.3. The van der Waals surface area contributed by atoms with Crippen molar-refractivity contribution in [2.75, 3.05) is 5.43 Å². The van der Waals surface area contributed by atoms with E-state index in [2.05, 4.69) is 16.2 Å². The predicted molar refractivity (Wildman–Crippen MR) is 134 cm³/mol. The molecule has 0 aliphatic heterocycles. The molecule has 5 N–H and O–H groups in total. The molecular formula is C26H26ClN3O5. The summed E-state index contributed by atoms with van der Waals surface area (Å²) in [6, 6.07) is 21.3. The van der Waals surface area contributed by atoms with Gasteiger partial charge in [-0.1, -0.05) is 72.3 Å². The molecule has 2 amide bonds. The van der Waals surface area contributed by atoms with Crippen LogP contribution >= 0.6 is 11.6 Å². The summed E-state index contributed by atoms with van der Waals surface area (Å²) in [5, 5.41) is 22.0. The number of hydrazine groups is 1. The van der Waals surface area contributed by atoms with E-state index in [4.69, 9.17) is 16.7 Å². The molecule has 0 saturated heterocycles. The van der Waals surface area contributed by atoms with Crippen molar-refractivity contribution in [1.82, 2.24) is 10.7 Å². The number of carboxylic acid groups (broad SMARTS) is 1. The van der Waals surface area contributed by atoms with Gasteiger partial charge < -0.3 is 15.5 Å². The van der Waals surface area contributed by atoms with Gasteiger partial charge in [0, 0.05) is 23.0 Å². The molecule has 9 heteroatoms. The van der Waals surface area contributed by atoms with Crippen LogP contribution in [0.5, 0.6) is 0 Å². The first-order valence-corrected chi connectivity index (χ1v) is 11.3. The van der Waals surface area contributed by atoms with Gasteiger partial charge >= 0.3 is 17.8 Å². The monoisotopic (exact) mass is 495 g/mol. The van der Waals surface area contributed by atoms with E-state index < -0.39 is 29.9 Å². The van der Waals surface area contributed by atoms with E-state index in [0.717, 1.165) is 16.7 Å².